The second-order valence-corrected chi connectivity index (χ2v) is 16.8. The Morgan fingerprint density at radius 2 is 1.60 bits per heavy atom. The van der Waals surface area contributed by atoms with E-state index in [0.717, 1.165) is 65.2 Å². The summed E-state index contributed by atoms with van der Waals surface area (Å²) in [5.41, 5.74) is 7.05. The number of H-pyrrole nitrogens is 1. The Morgan fingerprint density at radius 1 is 0.851 bits per heavy atom. The Bertz CT molecular complexity index is 2580. The first-order chi connectivity index (χ1) is 32.6. The van der Waals surface area contributed by atoms with Crippen molar-refractivity contribution in [1.82, 2.24) is 40.4 Å². The minimum absolute atomic E-state index is 0.0611. The van der Waals surface area contributed by atoms with Crippen LogP contribution in [0.2, 0.25) is 0 Å². The van der Waals surface area contributed by atoms with Crippen LogP contribution < -0.4 is 16.0 Å². The van der Waals surface area contributed by atoms with Crippen molar-refractivity contribution in [3.63, 3.8) is 0 Å². The van der Waals surface area contributed by atoms with E-state index in [4.69, 9.17) is 18.9 Å². The van der Waals surface area contributed by atoms with Crippen LogP contribution in [-0.2, 0) is 54.5 Å². The van der Waals surface area contributed by atoms with Crippen molar-refractivity contribution < 1.29 is 47.3 Å². The quantitative estimate of drug-likeness (QED) is 0.0485. The van der Waals surface area contributed by atoms with Gasteiger partial charge >= 0.3 is 0 Å². The number of fused-ring (bicyclic) bond motifs is 1. The molecule has 0 aliphatic carbocycles. The molecule has 1 atom stereocenters. The van der Waals surface area contributed by atoms with Crippen molar-refractivity contribution in [2.24, 2.45) is 0 Å². The van der Waals surface area contributed by atoms with Crippen LogP contribution in [0.25, 0.3) is 22.2 Å². The number of piperidine rings is 1. The van der Waals surface area contributed by atoms with Crippen molar-refractivity contribution in [3.05, 3.63) is 100 Å². The summed E-state index contributed by atoms with van der Waals surface area (Å²) in [7, 11) is 2.12. The lowest BCUT2D eigenvalue weighted by atomic mass is 9.99. The molecule has 0 radical (unpaired) electrons. The highest BCUT2D eigenvalue weighted by Gasteiger charge is 2.45. The molecule has 5 heterocycles. The number of ether oxygens (including phenoxy) is 4. The number of aromatic amines is 1. The molecule has 0 spiro atoms. The molecular formula is C48H56FN9O9. The van der Waals surface area contributed by atoms with Crippen LogP contribution in [0.5, 0.6) is 0 Å². The zero-order chi connectivity index (χ0) is 46.7. The number of imide groups is 2. The number of unbranched alkanes of at least 4 members (excludes halogenated alkanes) is 1. The SMILES string of the molecule is CN(CCCCc1cn(CCOCCOCCOCCOCCNc2cccc3c2C(=O)N(C2CCC(=O)NC2=O)C3=O)nn1)Cc1ccc(-c2[nH]c3cc(F)cc4c3c2CCNC4=O)cc1. The average molecular weight is 922 g/mol. The summed E-state index contributed by atoms with van der Waals surface area (Å²) in [4.78, 5) is 69.3. The van der Waals surface area contributed by atoms with Gasteiger partial charge in [0.2, 0.25) is 11.8 Å². The first-order valence-corrected chi connectivity index (χ1v) is 22.8. The van der Waals surface area contributed by atoms with Crippen LogP contribution in [0.15, 0.2) is 60.8 Å². The van der Waals surface area contributed by atoms with Gasteiger partial charge in [0.25, 0.3) is 17.7 Å². The summed E-state index contributed by atoms with van der Waals surface area (Å²) in [5.74, 6) is -2.85. The number of amides is 5. The largest absolute Gasteiger partial charge is 0.382 e. The van der Waals surface area contributed by atoms with Crippen molar-refractivity contribution in [3.8, 4) is 11.3 Å². The van der Waals surface area contributed by atoms with E-state index in [9.17, 15) is 28.4 Å². The van der Waals surface area contributed by atoms with Crippen molar-refractivity contribution >= 4 is 46.1 Å². The lowest BCUT2D eigenvalue weighted by molar-refractivity contribution is -0.136. The van der Waals surface area contributed by atoms with Gasteiger partial charge in [0, 0.05) is 54.5 Å². The maximum Gasteiger partial charge on any atom is 0.264 e. The van der Waals surface area contributed by atoms with Gasteiger partial charge in [-0.1, -0.05) is 35.5 Å². The second kappa shape index (κ2) is 22.4. The Morgan fingerprint density at radius 3 is 2.36 bits per heavy atom. The highest BCUT2D eigenvalue weighted by atomic mass is 19.1. The van der Waals surface area contributed by atoms with Gasteiger partial charge in [0.15, 0.2) is 0 Å². The summed E-state index contributed by atoms with van der Waals surface area (Å²) in [5, 5.41) is 17.6. The molecule has 8 rings (SSSR count). The molecule has 0 saturated carbocycles. The van der Waals surface area contributed by atoms with Crippen LogP contribution in [0.1, 0.15) is 73.6 Å². The van der Waals surface area contributed by atoms with Crippen LogP contribution >= 0.6 is 0 Å². The smallest absolute Gasteiger partial charge is 0.264 e. The highest BCUT2D eigenvalue weighted by molar-refractivity contribution is 6.25. The van der Waals surface area contributed by atoms with Crippen LogP contribution in [0.3, 0.4) is 0 Å². The molecule has 3 aromatic carbocycles. The van der Waals surface area contributed by atoms with Crippen LogP contribution in [0.4, 0.5) is 10.1 Å². The number of nitrogens with one attached hydrogen (secondary N) is 4. The zero-order valence-corrected chi connectivity index (χ0v) is 37.6. The molecule has 4 N–H and O–H groups in total. The molecule has 2 aromatic heterocycles. The number of aryl methyl sites for hydroxylation is 1. The topological polar surface area (TPSA) is 211 Å². The van der Waals surface area contributed by atoms with E-state index in [1.54, 1.807) is 22.9 Å². The van der Waals surface area contributed by atoms with E-state index in [2.05, 4.69) is 67.5 Å². The molecule has 1 fully saturated rings. The maximum absolute atomic E-state index is 14.3. The normalized spacial score (nSPS) is 16.0. The van der Waals surface area contributed by atoms with E-state index in [-0.39, 0.29) is 29.9 Å². The Hall–Kier alpha value is -6.38. The number of halogens is 1. The number of carbonyl (C=O) groups is 5. The van der Waals surface area contributed by atoms with Gasteiger partial charge in [-0.15, -0.1) is 5.10 Å². The maximum atomic E-state index is 14.3. The molecular weight excluding hydrogens is 866 g/mol. The monoisotopic (exact) mass is 921 g/mol. The number of anilines is 1. The summed E-state index contributed by atoms with van der Waals surface area (Å²) >= 11 is 0. The molecule has 354 valence electrons. The van der Waals surface area contributed by atoms with Gasteiger partial charge in [-0.25, -0.2) is 9.07 Å². The van der Waals surface area contributed by atoms with Crippen molar-refractivity contribution in [2.75, 3.05) is 84.9 Å². The molecule has 3 aliphatic rings. The Balaban J connectivity index is 0.622. The minimum atomic E-state index is -1.02. The van der Waals surface area contributed by atoms with Gasteiger partial charge in [-0.3, -0.25) is 34.2 Å². The number of rotatable bonds is 25. The third-order valence-corrected chi connectivity index (χ3v) is 12.0. The van der Waals surface area contributed by atoms with E-state index in [0.29, 0.717) is 95.7 Å². The summed E-state index contributed by atoms with van der Waals surface area (Å²) < 4.78 is 38.6. The van der Waals surface area contributed by atoms with E-state index >= 15 is 0 Å². The number of carbonyl (C=O) groups excluding carboxylic acids is 5. The molecule has 19 heteroatoms. The Labute approximate surface area is 386 Å². The molecule has 5 amide bonds. The lowest BCUT2D eigenvalue weighted by Crippen LogP contribution is -2.54. The Kier molecular flexibility index (Phi) is 15.8. The molecule has 1 saturated heterocycles. The first-order valence-electron chi connectivity index (χ1n) is 22.8. The van der Waals surface area contributed by atoms with Gasteiger partial charge in [-0.2, -0.15) is 0 Å². The minimum Gasteiger partial charge on any atom is -0.382 e. The van der Waals surface area contributed by atoms with Crippen LogP contribution in [0, 0.1) is 5.82 Å². The van der Waals surface area contributed by atoms with Crippen molar-refractivity contribution in [1.29, 1.82) is 0 Å². The predicted molar refractivity (Wildman–Crippen MR) is 244 cm³/mol. The second-order valence-electron chi connectivity index (χ2n) is 16.8. The summed E-state index contributed by atoms with van der Waals surface area (Å²) in [6, 6.07) is 15.1. The third kappa shape index (κ3) is 11.6. The zero-order valence-electron chi connectivity index (χ0n) is 37.6. The van der Waals surface area contributed by atoms with Gasteiger partial charge in [-0.05, 0) is 86.7 Å². The fourth-order valence-electron chi connectivity index (χ4n) is 8.70. The van der Waals surface area contributed by atoms with E-state index < -0.39 is 35.5 Å². The van der Waals surface area contributed by atoms with E-state index in [1.807, 2.05) is 6.20 Å². The number of nitrogens with zero attached hydrogens (tertiary/aromatic N) is 5. The number of hydrogen-bond donors (Lipinski definition) is 4. The standard InChI is InChI=1S/C48H56FN9O9/c1-56(29-31-8-10-32(11-9-31)44-35-14-15-51-45(60)37-27-33(49)28-39(52-44)42(35)37)17-3-2-5-34-30-57(55-54-34)18-20-65-22-24-67-26-25-66-23-21-64-19-16-50-38-7-4-6-36-43(38)48(63)58(47(36)62)40-12-13-41(59)53-46(40)61/h4,6-11,27-28,30,40,50,52H,2-3,5,12-26,29H2,1H3,(H,51,60)(H,53,59,61). The molecule has 18 nitrogen and oxygen atoms in total. The fraction of sp³-hybridized carbons (Fsp3) is 0.438. The van der Waals surface area contributed by atoms with Crippen LogP contribution in [-0.4, -0.2) is 145 Å². The molecule has 5 aromatic rings. The summed E-state index contributed by atoms with van der Waals surface area (Å²) in [6.07, 6.45) is 5.67. The average Bonchev–Trinajstić information content (AvgIpc) is 3.96. The highest BCUT2D eigenvalue weighted by Crippen LogP contribution is 2.35. The fourth-order valence-corrected chi connectivity index (χ4v) is 8.70. The molecule has 1 unspecified atom stereocenters. The third-order valence-electron chi connectivity index (χ3n) is 12.0. The van der Waals surface area contributed by atoms with E-state index in [1.165, 1.54) is 17.7 Å². The number of hydrogen-bond acceptors (Lipinski definition) is 13. The first kappa shape index (κ1) is 47.1. The molecule has 0 bridgehead atoms. The predicted octanol–water partition coefficient (Wildman–Crippen LogP) is 3.89. The summed E-state index contributed by atoms with van der Waals surface area (Å²) in [6.45, 7) is 6.53. The van der Waals surface area contributed by atoms with Gasteiger partial charge in [0.05, 0.1) is 81.8 Å². The number of benzene rings is 3. The number of aromatic nitrogens is 4. The molecule has 67 heavy (non-hydrogen) atoms. The van der Waals surface area contributed by atoms with Gasteiger partial charge in [0.1, 0.15) is 11.9 Å². The van der Waals surface area contributed by atoms with Crippen molar-refractivity contribution in [2.45, 2.75) is 57.7 Å². The lowest BCUT2D eigenvalue weighted by Gasteiger charge is -2.27. The van der Waals surface area contributed by atoms with Gasteiger partial charge < -0.3 is 39.5 Å². The molecule has 3 aliphatic heterocycles.